The zero-order valence-electron chi connectivity index (χ0n) is 11.2. The summed E-state index contributed by atoms with van der Waals surface area (Å²) in [7, 11) is 1.63. The molecule has 0 unspecified atom stereocenters. The molecular formula is C14H19NO4. The lowest BCUT2D eigenvalue weighted by Crippen LogP contribution is -2.26. The van der Waals surface area contributed by atoms with Crippen LogP contribution in [0.5, 0.6) is 5.75 Å². The van der Waals surface area contributed by atoms with E-state index in [1.807, 2.05) is 25.1 Å². The van der Waals surface area contributed by atoms with Gasteiger partial charge in [-0.1, -0.05) is 12.1 Å². The van der Waals surface area contributed by atoms with Crippen LogP contribution in [0.25, 0.3) is 0 Å². The second-order valence-electron chi connectivity index (χ2n) is 4.30. The summed E-state index contributed by atoms with van der Waals surface area (Å²) in [5, 5.41) is 11.2. The van der Waals surface area contributed by atoms with Crippen molar-refractivity contribution >= 4 is 11.9 Å². The van der Waals surface area contributed by atoms with Gasteiger partial charge in [0.25, 0.3) is 0 Å². The fraction of sp³-hybridized carbons (Fsp3) is 0.429. The van der Waals surface area contributed by atoms with Crippen LogP contribution in [0, 0.1) is 6.92 Å². The molecule has 104 valence electrons. The van der Waals surface area contributed by atoms with Gasteiger partial charge in [0.15, 0.2) is 0 Å². The zero-order valence-corrected chi connectivity index (χ0v) is 11.2. The van der Waals surface area contributed by atoms with Gasteiger partial charge >= 0.3 is 5.97 Å². The van der Waals surface area contributed by atoms with Crippen molar-refractivity contribution in [2.45, 2.75) is 26.2 Å². The summed E-state index contributed by atoms with van der Waals surface area (Å²) in [6.45, 7) is 2.47. The SMILES string of the molecule is COc1ccc(CCNC(=O)CCC(=O)O)cc1C. The molecule has 0 aliphatic rings. The average Bonchev–Trinajstić information content (AvgIpc) is 2.36. The maximum atomic E-state index is 11.3. The van der Waals surface area contributed by atoms with E-state index < -0.39 is 5.97 Å². The zero-order chi connectivity index (χ0) is 14.3. The van der Waals surface area contributed by atoms with Crippen molar-refractivity contribution in [3.05, 3.63) is 29.3 Å². The number of carbonyl (C=O) groups is 2. The Hall–Kier alpha value is -2.04. The molecule has 1 amide bonds. The number of carboxylic acids is 1. The van der Waals surface area contributed by atoms with E-state index in [1.54, 1.807) is 7.11 Å². The predicted octanol–water partition coefficient (Wildman–Crippen LogP) is 1.53. The van der Waals surface area contributed by atoms with Crippen molar-refractivity contribution in [1.82, 2.24) is 5.32 Å². The van der Waals surface area contributed by atoms with Crippen LogP contribution in [-0.4, -0.2) is 30.6 Å². The molecule has 1 aromatic carbocycles. The van der Waals surface area contributed by atoms with Gasteiger partial charge < -0.3 is 15.2 Å². The third-order valence-electron chi connectivity index (χ3n) is 2.76. The highest BCUT2D eigenvalue weighted by atomic mass is 16.5. The number of hydrogen-bond acceptors (Lipinski definition) is 3. The number of ether oxygens (including phenoxy) is 1. The summed E-state index contributed by atoms with van der Waals surface area (Å²) in [5.41, 5.74) is 2.16. The number of nitrogens with one attached hydrogen (secondary N) is 1. The largest absolute Gasteiger partial charge is 0.496 e. The lowest BCUT2D eigenvalue weighted by Gasteiger charge is -2.08. The molecule has 0 fully saturated rings. The molecule has 1 aromatic rings. The van der Waals surface area contributed by atoms with Crippen LogP contribution in [0.1, 0.15) is 24.0 Å². The first-order chi connectivity index (χ1) is 9.02. The predicted molar refractivity (Wildman–Crippen MR) is 71.3 cm³/mol. The van der Waals surface area contributed by atoms with E-state index in [-0.39, 0.29) is 18.7 Å². The standard InChI is InChI=1S/C14H19NO4/c1-10-9-11(3-4-12(10)19-2)7-8-15-13(16)5-6-14(17)18/h3-4,9H,5-8H2,1-2H3,(H,15,16)(H,17,18). The monoisotopic (exact) mass is 265 g/mol. The molecule has 0 radical (unpaired) electrons. The normalized spacial score (nSPS) is 10.0. The Balaban J connectivity index is 2.35. The molecule has 0 aromatic heterocycles. The maximum absolute atomic E-state index is 11.3. The summed E-state index contributed by atoms with van der Waals surface area (Å²) < 4.78 is 5.17. The quantitative estimate of drug-likeness (QED) is 0.784. The molecule has 2 N–H and O–H groups in total. The number of methoxy groups -OCH3 is 1. The fourth-order valence-corrected chi connectivity index (χ4v) is 1.75. The number of amides is 1. The van der Waals surface area contributed by atoms with Crippen LogP contribution in [0.4, 0.5) is 0 Å². The van der Waals surface area contributed by atoms with Gasteiger partial charge in [0, 0.05) is 13.0 Å². The van der Waals surface area contributed by atoms with Crippen molar-refractivity contribution < 1.29 is 19.4 Å². The highest BCUT2D eigenvalue weighted by Gasteiger charge is 2.05. The number of carbonyl (C=O) groups excluding carboxylic acids is 1. The Morgan fingerprint density at radius 1 is 1.32 bits per heavy atom. The highest BCUT2D eigenvalue weighted by Crippen LogP contribution is 2.18. The molecule has 0 saturated heterocycles. The van der Waals surface area contributed by atoms with Crippen LogP contribution >= 0.6 is 0 Å². The van der Waals surface area contributed by atoms with Crippen LogP contribution in [0.15, 0.2) is 18.2 Å². The second kappa shape index (κ2) is 7.41. The second-order valence-corrected chi connectivity index (χ2v) is 4.30. The molecule has 0 saturated carbocycles. The van der Waals surface area contributed by atoms with Crippen molar-refractivity contribution in [2.24, 2.45) is 0 Å². The molecule has 0 aliphatic heterocycles. The number of aryl methyl sites for hydroxylation is 1. The minimum atomic E-state index is -0.957. The van der Waals surface area contributed by atoms with Crippen molar-refractivity contribution in [2.75, 3.05) is 13.7 Å². The van der Waals surface area contributed by atoms with E-state index in [9.17, 15) is 9.59 Å². The van der Waals surface area contributed by atoms with Gasteiger partial charge in [0.2, 0.25) is 5.91 Å². The Labute approximate surface area is 112 Å². The molecule has 5 nitrogen and oxygen atoms in total. The van der Waals surface area contributed by atoms with Gasteiger partial charge in [0.05, 0.1) is 13.5 Å². The number of benzene rings is 1. The third-order valence-corrected chi connectivity index (χ3v) is 2.76. The van der Waals surface area contributed by atoms with E-state index >= 15 is 0 Å². The lowest BCUT2D eigenvalue weighted by molar-refractivity contribution is -0.138. The van der Waals surface area contributed by atoms with Crippen molar-refractivity contribution in [1.29, 1.82) is 0 Å². The maximum Gasteiger partial charge on any atom is 0.303 e. The van der Waals surface area contributed by atoms with Crippen molar-refractivity contribution in [3.8, 4) is 5.75 Å². The molecule has 5 heteroatoms. The first-order valence-electron chi connectivity index (χ1n) is 6.15. The molecule has 0 atom stereocenters. The van der Waals surface area contributed by atoms with E-state index in [2.05, 4.69) is 5.32 Å². The Morgan fingerprint density at radius 3 is 2.63 bits per heavy atom. The summed E-state index contributed by atoms with van der Waals surface area (Å²) in [6.07, 6.45) is 0.605. The number of hydrogen-bond donors (Lipinski definition) is 2. The van der Waals surface area contributed by atoms with Gasteiger partial charge in [-0.15, -0.1) is 0 Å². The van der Waals surface area contributed by atoms with E-state index in [1.165, 1.54) is 0 Å². The Kier molecular flexibility index (Phi) is 5.85. The van der Waals surface area contributed by atoms with Crippen LogP contribution in [-0.2, 0) is 16.0 Å². The molecule has 0 aliphatic carbocycles. The summed E-state index contributed by atoms with van der Waals surface area (Å²) in [5.74, 6) is -0.345. The van der Waals surface area contributed by atoms with Gasteiger partial charge in [0.1, 0.15) is 5.75 Å². The summed E-state index contributed by atoms with van der Waals surface area (Å²) >= 11 is 0. The Morgan fingerprint density at radius 2 is 2.05 bits per heavy atom. The smallest absolute Gasteiger partial charge is 0.303 e. The average molecular weight is 265 g/mol. The topological polar surface area (TPSA) is 75.6 Å². The van der Waals surface area contributed by atoms with E-state index in [0.29, 0.717) is 13.0 Å². The molecule has 1 rings (SSSR count). The van der Waals surface area contributed by atoms with Crippen molar-refractivity contribution in [3.63, 3.8) is 0 Å². The van der Waals surface area contributed by atoms with Crippen LogP contribution in [0.2, 0.25) is 0 Å². The molecule has 0 spiro atoms. The lowest BCUT2D eigenvalue weighted by atomic mass is 10.1. The van der Waals surface area contributed by atoms with Gasteiger partial charge in [-0.3, -0.25) is 9.59 Å². The molecule has 19 heavy (non-hydrogen) atoms. The van der Waals surface area contributed by atoms with Gasteiger partial charge in [-0.05, 0) is 30.5 Å². The highest BCUT2D eigenvalue weighted by molar-refractivity contribution is 5.80. The van der Waals surface area contributed by atoms with Gasteiger partial charge in [-0.2, -0.15) is 0 Å². The molecule has 0 bridgehead atoms. The first kappa shape index (κ1) is 15.0. The number of rotatable bonds is 7. The molecular weight excluding hydrogens is 246 g/mol. The Bertz CT molecular complexity index is 457. The minimum absolute atomic E-state index is 0.0248. The summed E-state index contributed by atoms with van der Waals surface area (Å²) in [6, 6.07) is 5.87. The fourth-order valence-electron chi connectivity index (χ4n) is 1.75. The molecule has 0 heterocycles. The van der Waals surface area contributed by atoms with E-state index in [4.69, 9.17) is 9.84 Å². The van der Waals surface area contributed by atoms with Crippen LogP contribution in [0.3, 0.4) is 0 Å². The van der Waals surface area contributed by atoms with Gasteiger partial charge in [-0.25, -0.2) is 0 Å². The number of aliphatic carboxylic acids is 1. The van der Waals surface area contributed by atoms with Crippen LogP contribution < -0.4 is 10.1 Å². The number of carboxylic acid groups (broad SMARTS) is 1. The van der Waals surface area contributed by atoms with E-state index in [0.717, 1.165) is 16.9 Å². The first-order valence-corrected chi connectivity index (χ1v) is 6.15. The third kappa shape index (κ3) is 5.42. The summed E-state index contributed by atoms with van der Waals surface area (Å²) in [4.78, 5) is 21.6. The minimum Gasteiger partial charge on any atom is -0.496 e.